The number of imidazole rings is 1. The van der Waals surface area contributed by atoms with Crippen LogP contribution >= 0.6 is 0 Å². The van der Waals surface area contributed by atoms with Gasteiger partial charge >= 0.3 is 10.3 Å². The van der Waals surface area contributed by atoms with Gasteiger partial charge in [-0.3, -0.25) is 4.55 Å². The molecule has 62 valence electrons. The molecule has 0 saturated carbocycles. The Balaban J connectivity index is 2.81. The summed E-state index contributed by atoms with van der Waals surface area (Å²) in [6.45, 7) is 1.66. The summed E-state index contributed by atoms with van der Waals surface area (Å²) in [5.74, 6) is 0.709. The van der Waals surface area contributed by atoms with Crippen LogP contribution in [-0.4, -0.2) is 22.9 Å². The minimum Gasteiger partial charge on any atom is -0.328 e. The number of nitrogens with zero attached hydrogens (tertiary/aromatic N) is 1. The molecule has 0 aromatic carbocycles. The smallest absolute Gasteiger partial charge is 0.328 e. The highest BCUT2D eigenvalue weighted by Gasteiger charge is 2.04. The molecular weight excluding hydrogens is 170 g/mol. The molecule has 0 unspecified atom stereocenters. The zero-order valence-electron chi connectivity index (χ0n) is 5.70. The zero-order chi connectivity index (χ0) is 8.48. The van der Waals surface area contributed by atoms with Crippen LogP contribution in [0, 0.1) is 6.92 Å². The quantitative estimate of drug-likeness (QED) is 0.551. The minimum atomic E-state index is -4.19. The van der Waals surface area contributed by atoms with E-state index >= 15 is 0 Å². The van der Waals surface area contributed by atoms with Crippen LogP contribution in [0.3, 0.4) is 0 Å². The van der Waals surface area contributed by atoms with Crippen molar-refractivity contribution in [1.82, 2.24) is 9.97 Å². The summed E-state index contributed by atoms with van der Waals surface area (Å²) in [7, 11) is -4.19. The zero-order valence-corrected chi connectivity index (χ0v) is 6.51. The molecular formula is C4H7N3O3S. The molecule has 0 fully saturated rings. The number of aromatic amines is 1. The van der Waals surface area contributed by atoms with Crippen molar-refractivity contribution >= 4 is 16.1 Å². The topological polar surface area (TPSA) is 95.1 Å². The molecule has 1 aromatic heterocycles. The highest BCUT2D eigenvalue weighted by molar-refractivity contribution is 7.87. The molecule has 0 spiro atoms. The third-order valence-corrected chi connectivity index (χ3v) is 1.42. The second-order valence-electron chi connectivity index (χ2n) is 1.96. The molecule has 1 rings (SSSR count). The van der Waals surface area contributed by atoms with E-state index in [-0.39, 0.29) is 5.82 Å². The van der Waals surface area contributed by atoms with Crippen molar-refractivity contribution in [3.63, 3.8) is 0 Å². The first-order chi connectivity index (χ1) is 4.97. The van der Waals surface area contributed by atoms with E-state index in [1.54, 1.807) is 6.92 Å². The first kappa shape index (κ1) is 8.02. The fourth-order valence-corrected chi connectivity index (χ4v) is 0.993. The summed E-state index contributed by atoms with van der Waals surface area (Å²) in [6, 6.07) is 0. The van der Waals surface area contributed by atoms with Crippen LogP contribution in [0.2, 0.25) is 0 Å². The van der Waals surface area contributed by atoms with Gasteiger partial charge in [-0.15, -0.1) is 0 Å². The molecule has 3 N–H and O–H groups in total. The Morgan fingerprint density at radius 2 is 2.36 bits per heavy atom. The average Bonchev–Trinajstić information content (AvgIpc) is 2.10. The van der Waals surface area contributed by atoms with Crippen LogP contribution in [0.15, 0.2) is 6.20 Å². The third-order valence-electron chi connectivity index (χ3n) is 0.942. The van der Waals surface area contributed by atoms with Gasteiger partial charge < -0.3 is 4.98 Å². The molecule has 0 aliphatic carbocycles. The predicted octanol–water partition coefficient (Wildman–Crippen LogP) is -0.0672. The van der Waals surface area contributed by atoms with E-state index in [4.69, 9.17) is 4.55 Å². The largest absolute Gasteiger partial charge is 0.358 e. The van der Waals surface area contributed by atoms with Crippen LogP contribution in [0.1, 0.15) is 5.82 Å². The van der Waals surface area contributed by atoms with Crippen LogP contribution in [0.5, 0.6) is 0 Å². The number of aromatic nitrogens is 2. The van der Waals surface area contributed by atoms with E-state index in [0.717, 1.165) is 0 Å². The Bertz CT molecular complexity index is 341. The molecule has 1 aromatic rings. The van der Waals surface area contributed by atoms with Crippen LogP contribution in [0.25, 0.3) is 0 Å². The first-order valence-electron chi connectivity index (χ1n) is 2.74. The van der Waals surface area contributed by atoms with Gasteiger partial charge in [0.15, 0.2) is 0 Å². The summed E-state index contributed by atoms with van der Waals surface area (Å²) in [5, 5.41) is 0. The lowest BCUT2D eigenvalue weighted by Gasteiger charge is -1.95. The number of aryl methyl sites for hydroxylation is 1. The van der Waals surface area contributed by atoms with Crippen molar-refractivity contribution in [2.45, 2.75) is 6.92 Å². The summed E-state index contributed by atoms with van der Waals surface area (Å²) in [5.41, 5.74) is 0. The van der Waals surface area contributed by atoms with Gasteiger partial charge in [-0.05, 0) is 6.92 Å². The van der Waals surface area contributed by atoms with E-state index in [1.807, 2.05) is 4.72 Å². The van der Waals surface area contributed by atoms with Gasteiger partial charge in [0.25, 0.3) is 0 Å². The Hall–Kier alpha value is -1.08. The Morgan fingerprint density at radius 3 is 2.73 bits per heavy atom. The molecule has 0 bridgehead atoms. The monoisotopic (exact) mass is 177 g/mol. The maximum absolute atomic E-state index is 10.2. The SMILES string of the molecule is Cc1ncc(NS(=O)(=O)O)[nH]1. The van der Waals surface area contributed by atoms with Crippen molar-refractivity contribution in [3.05, 3.63) is 12.0 Å². The van der Waals surface area contributed by atoms with Gasteiger partial charge in [0.2, 0.25) is 0 Å². The van der Waals surface area contributed by atoms with Crippen LogP contribution in [-0.2, 0) is 10.3 Å². The van der Waals surface area contributed by atoms with Crippen molar-refractivity contribution < 1.29 is 13.0 Å². The van der Waals surface area contributed by atoms with Crippen molar-refractivity contribution in [2.24, 2.45) is 0 Å². The molecule has 0 aliphatic rings. The number of hydrogen-bond acceptors (Lipinski definition) is 3. The fourth-order valence-electron chi connectivity index (χ4n) is 0.612. The van der Waals surface area contributed by atoms with Crippen LogP contribution < -0.4 is 4.72 Å². The molecule has 0 radical (unpaired) electrons. The summed E-state index contributed by atoms with van der Waals surface area (Å²) in [4.78, 5) is 6.28. The second-order valence-corrected chi connectivity index (χ2v) is 3.11. The Labute approximate surface area is 63.5 Å². The fraction of sp³-hybridized carbons (Fsp3) is 0.250. The first-order valence-corrected chi connectivity index (χ1v) is 4.18. The summed E-state index contributed by atoms with van der Waals surface area (Å²) >= 11 is 0. The normalized spacial score (nSPS) is 11.5. The van der Waals surface area contributed by atoms with Gasteiger partial charge in [-0.1, -0.05) is 0 Å². The van der Waals surface area contributed by atoms with Gasteiger partial charge in [-0.2, -0.15) is 8.42 Å². The van der Waals surface area contributed by atoms with Gasteiger partial charge in [0.05, 0.1) is 6.20 Å². The molecule has 6 nitrogen and oxygen atoms in total. The number of nitrogens with one attached hydrogen (secondary N) is 2. The Morgan fingerprint density at radius 1 is 1.73 bits per heavy atom. The molecule has 0 atom stereocenters. The lowest BCUT2D eigenvalue weighted by molar-refractivity contribution is 0.489. The number of anilines is 1. The third kappa shape index (κ3) is 2.56. The second kappa shape index (κ2) is 2.51. The van der Waals surface area contributed by atoms with E-state index in [2.05, 4.69) is 9.97 Å². The molecule has 7 heteroatoms. The maximum atomic E-state index is 10.2. The molecule has 0 aliphatic heterocycles. The van der Waals surface area contributed by atoms with E-state index < -0.39 is 10.3 Å². The van der Waals surface area contributed by atoms with E-state index in [9.17, 15) is 8.42 Å². The lowest BCUT2D eigenvalue weighted by atomic mass is 10.8. The van der Waals surface area contributed by atoms with Crippen molar-refractivity contribution in [1.29, 1.82) is 0 Å². The highest BCUT2D eigenvalue weighted by Crippen LogP contribution is 2.02. The highest BCUT2D eigenvalue weighted by atomic mass is 32.2. The summed E-state index contributed by atoms with van der Waals surface area (Å²) < 4.78 is 30.5. The lowest BCUT2D eigenvalue weighted by Crippen LogP contribution is -2.10. The number of hydrogen-bond donors (Lipinski definition) is 3. The molecule has 11 heavy (non-hydrogen) atoms. The van der Waals surface area contributed by atoms with Gasteiger partial charge in [-0.25, -0.2) is 9.71 Å². The molecule has 1 heterocycles. The average molecular weight is 177 g/mol. The predicted molar refractivity (Wildman–Crippen MR) is 38.5 cm³/mol. The number of H-pyrrole nitrogens is 1. The van der Waals surface area contributed by atoms with Crippen molar-refractivity contribution in [3.8, 4) is 0 Å². The number of rotatable bonds is 2. The minimum absolute atomic E-state index is 0.144. The Kier molecular flexibility index (Phi) is 1.83. The molecule has 0 amide bonds. The van der Waals surface area contributed by atoms with Gasteiger partial charge in [0, 0.05) is 0 Å². The van der Waals surface area contributed by atoms with Crippen molar-refractivity contribution in [2.75, 3.05) is 4.72 Å². The maximum Gasteiger partial charge on any atom is 0.358 e. The molecule has 0 saturated heterocycles. The van der Waals surface area contributed by atoms with E-state index in [0.29, 0.717) is 5.82 Å². The summed E-state index contributed by atoms with van der Waals surface area (Å²) in [6.07, 6.45) is 1.27. The van der Waals surface area contributed by atoms with E-state index in [1.165, 1.54) is 6.20 Å². The van der Waals surface area contributed by atoms with Gasteiger partial charge in [0.1, 0.15) is 11.6 Å². The van der Waals surface area contributed by atoms with Crippen LogP contribution in [0.4, 0.5) is 5.82 Å². The standard InChI is InChI=1S/C4H7N3O3S/c1-3-5-2-4(6-3)7-11(8,9)10/h2,7H,1H3,(H,5,6)(H,8,9,10).